The van der Waals surface area contributed by atoms with Gasteiger partial charge in [0.15, 0.2) is 0 Å². The van der Waals surface area contributed by atoms with Gasteiger partial charge in [-0.05, 0) is 43.2 Å². The van der Waals surface area contributed by atoms with Crippen LogP contribution in [0.2, 0.25) is 0 Å². The second-order valence-electron chi connectivity index (χ2n) is 4.68. The van der Waals surface area contributed by atoms with E-state index in [0.29, 0.717) is 5.95 Å². The van der Waals surface area contributed by atoms with Crippen molar-refractivity contribution in [3.05, 3.63) is 52.0 Å². The summed E-state index contributed by atoms with van der Waals surface area (Å²) in [5.41, 5.74) is 11.5. The number of nitrogens with zero attached hydrogens (tertiary/aromatic N) is 2. The number of nitrogen functional groups attached to an aromatic ring is 1. The maximum atomic E-state index is 6.11. The van der Waals surface area contributed by atoms with Crippen LogP contribution in [0.4, 0.5) is 5.95 Å². The van der Waals surface area contributed by atoms with E-state index >= 15 is 0 Å². The first-order valence-electron chi connectivity index (χ1n) is 6.08. The topological polar surface area (TPSA) is 43.8 Å². The predicted molar refractivity (Wildman–Crippen MR) is 82.7 cm³/mol. The Morgan fingerprint density at radius 3 is 2.68 bits per heavy atom. The van der Waals surface area contributed by atoms with Crippen molar-refractivity contribution < 1.29 is 0 Å². The van der Waals surface area contributed by atoms with Gasteiger partial charge >= 0.3 is 0 Å². The first-order chi connectivity index (χ1) is 9.08. The van der Waals surface area contributed by atoms with Gasteiger partial charge in [-0.25, -0.2) is 4.98 Å². The number of hydrogen-bond acceptors (Lipinski definition) is 2. The summed E-state index contributed by atoms with van der Waals surface area (Å²) in [7, 11) is 0. The van der Waals surface area contributed by atoms with Gasteiger partial charge in [0.2, 0.25) is 5.95 Å². The molecular weight excluding hydrogens is 302 g/mol. The van der Waals surface area contributed by atoms with Gasteiger partial charge in [-0.15, -0.1) is 0 Å². The summed E-state index contributed by atoms with van der Waals surface area (Å²) in [5, 5.41) is 0. The Bertz CT molecular complexity index is 774. The first kappa shape index (κ1) is 12.2. The summed E-state index contributed by atoms with van der Waals surface area (Å²) in [6.07, 6.45) is 0. The highest BCUT2D eigenvalue weighted by molar-refractivity contribution is 9.10. The first-order valence-corrected chi connectivity index (χ1v) is 6.87. The Balaban J connectivity index is 2.42. The summed E-state index contributed by atoms with van der Waals surface area (Å²) in [6, 6.07) is 12.2. The van der Waals surface area contributed by atoms with E-state index in [0.717, 1.165) is 26.8 Å². The van der Waals surface area contributed by atoms with Crippen LogP contribution in [0, 0.1) is 13.8 Å². The minimum atomic E-state index is 0.519. The number of aryl methyl sites for hydroxylation is 2. The minimum Gasteiger partial charge on any atom is -0.369 e. The lowest BCUT2D eigenvalue weighted by atomic mass is 10.1. The van der Waals surface area contributed by atoms with Crippen molar-refractivity contribution in [2.75, 3.05) is 5.73 Å². The summed E-state index contributed by atoms with van der Waals surface area (Å²) in [5.74, 6) is 0.519. The van der Waals surface area contributed by atoms with Crippen LogP contribution in [-0.2, 0) is 0 Å². The third kappa shape index (κ3) is 1.92. The molecule has 0 radical (unpaired) electrons. The molecule has 0 saturated heterocycles. The Hall–Kier alpha value is -1.81. The number of fused-ring (bicyclic) bond motifs is 1. The molecule has 1 aromatic heterocycles. The molecule has 96 valence electrons. The number of benzene rings is 2. The minimum absolute atomic E-state index is 0.519. The molecule has 0 spiro atoms. The summed E-state index contributed by atoms with van der Waals surface area (Å²) in [4.78, 5) is 4.45. The maximum Gasteiger partial charge on any atom is 0.205 e. The Morgan fingerprint density at radius 2 is 1.89 bits per heavy atom. The molecular formula is C15H14BrN3. The molecule has 0 bridgehead atoms. The molecule has 1 heterocycles. The van der Waals surface area contributed by atoms with Crippen LogP contribution < -0.4 is 5.73 Å². The molecule has 0 aliphatic rings. The number of para-hydroxylation sites is 1. The van der Waals surface area contributed by atoms with Crippen LogP contribution in [0.1, 0.15) is 11.1 Å². The fourth-order valence-electron chi connectivity index (χ4n) is 2.38. The summed E-state index contributed by atoms with van der Waals surface area (Å²) < 4.78 is 3.05. The monoisotopic (exact) mass is 315 g/mol. The van der Waals surface area contributed by atoms with Crippen LogP contribution in [0.15, 0.2) is 40.9 Å². The van der Waals surface area contributed by atoms with E-state index in [-0.39, 0.29) is 0 Å². The SMILES string of the molecule is Cc1ccc(Br)cc1-n1c(N)nc2cccc(C)c21. The lowest BCUT2D eigenvalue weighted by Crippen LogP contribution is -2.03. The molecule has 0 saturated carbocycles. The van der Waals surface area contributed by atoms with Crippen LogP contribution in [0.25, 0.3) is 16.7 Å². The standard InChI is InChI=1S/C15H14BrN3/c1-9-6-7-11(16)8-13(9)19-14-10(2)4-3-5-12(14)18-15(19)17/h3-8H,1-2H3,(H2,17,18). The number of rotatable bonds is 1. The molecule has 0 aliphatic carbocycles. The lowest BCUT2D eigenvalue weighted by molar-refractivity contribution is 1.08. The molecule has 2 N–H and O–H groups in total. The zero-order chi connectivity index (χ0) is 13.6. The molecule has 3 rings (SSSR count). The molecule has 0 aliphatic heterocycles. The van der Waals surface area contributed by atoms with E-state index in [9.17, 15) is 0 Å². The largest absolute Gasteiger partial charge is 0.369 e. The predicted octanol–water partition coefficient (Wildman–Crippen LogP) is 3.99. The molecule has 3 nitrogen and oxygen atoms in total. The van der Waals surface area contributed by atoms with Gasteiger partial charge in [0.1, 0.15) is 0 Å². The third-order valence-corrected chi connectivity index (χ3v) is 3.81. The normalized spacial score (nSPS) is 11.1. The van der Waals surface area contributed by atoms with Gasteiger partial charge in [-0.1, -0.05) is 34.1 Å². The number of imidazole rings is 1. The maximum absolute atomic E-state index is 6.11. The number of anilines is 1. The van der Waals surface area contributed by atoms with Gasteiger partial charge in [-0.3, -0.25) is 4.57 Å². The molecule has 0 fully saturated rings. The van der Waals surface area contributed by atoms with E-state index < -0.39 is 0 Å². The highest BCUT2D eigenvalue weighted by Gasteiger charge is 2.13. The van der Waals surface area contributed by atoms with Crippen molar-refractivity contribution in [1.29, 1.82) is 0 Å². The molecule has 3 aromatic rings. The van der Waals surface area contributed by atoms with Crippen LogP contribution in [-0.4, -0.2) is 9.55 Å². The molecule has 0 atom stereocenters. The van der Waals surface area contributed by atoms with E-state index in [1.54, 1.807) is 0 Å². The van der Waals surface area contributed by atoms with Gasteiger partial charge in [0, 0.05) is 4.47 Å². The molecule has 0 amide bonds. The van der Waals surface area contributed by atoms with Crippen LogP contribution >= 0.6 is 15.9 Å². The van der Waals surface area contributed by atoms with E-state index in [2.05, 4.69) is 53.0 Å². The summed E-state index contributed by atoms with van der Waals surface area (Å²) >= 11 is 3.51. The second-order valence-corrected chi connectivity index (χ2v) is 5.59. The van der Waals surface area contributed by atoms with Crippen molar-refractivity contribution >= 4 is 32.9 Å². The molecule has 4 heteroatoms. The zero-order valence-corrected chi connectivity index (χ0v) is 12.4. The van der Waals surface area contributed by atoms with Gasteiger partial charge in [-0.2, -0.15) is 0 Å². The summed E-state index contributed by atoms with van der Waals surface area (Å²) in [6.45, 7) is 4.15. The number of hydrogen-bond donors (Lipinski definition) is 1. The quantitative estimate of drug-likeness (QED) is 0.738. The highest BCUT2D eigenvalue weighted by atomic mass is 79.9. The molecule has 19 heavy (non-hydrogen) atoms. The Labute approximate surface area is 120 Å². The van der Waals surface area contributed by atoms with Gasteiger partial charge < -0.3 is 5.73 Å². The van der Waals surface area contributed by atoms with Gasteiger partial charge in [0.25, 0.3) is 0 Å². The second kappa shape index (κ2) is 4.38. The third-order valence-electron chi connectivity index (χ3n) is 3.32. The number of nitrogens with two attached hydrogens (primary N) is 1. The van der Waals surface area contributed by atoms with Crippen molar-refractivity contribution in [3.63, 3.8) is 0 Å². The van der Waals surface area contributed by atoms with Crippen molar-refractivity contribution in [2.24, 2.45) is 0 Å². The molecule has 0 unspecified atom stereocenters. The van der Waals surface area contributed by atoms with Crippen molar-refractivity contribution in [1.82, 2.24) is 9.55 Å². The van der Waals surface area contributed by atoms with Gasteiger partial charge in [0.05, 0.1) is 16.7 Å². The fourth-order valence-corrected chi connectivity index (χ4v) is 2.73. The fraction of sp³-hybridized carbons (Fsp3) is 0.133. The van der Waals surface area contributed by atoms with E-state index in [1.165, 1.54) is 5.56 Å². The average molecular weight is 316 g/mol. The van der Waals surface area contributed by atoms with E-state index in [4.69, 9.17) is 5.73 Å². The van der Waals surface area contributed by atoms with E-state index in [1.807, 2.05) is 22.8 Å². The van der Waals surface area contributed by atoms with Crippen molar-refractivity contribution in [3.8, 4) is 5.69 Å². The average Bonchev–Trinajstić information content (AvgIpc) is 2.70. The molecule has 2 aromatic carbocycles. The lowest BCUT2D eigenvalue weighted by Gasteiger charge is -2.11. The van der Waals surface area contributed by atoms with Crippen LogP contribution in [0.5, 0.6) is 0 Å². The highest BCUT2D eigenvalue weighted by Crippen LogP contribution is 2.29. The number of halogens is 1. The zero-order valence-electron chi connectivity index (χ0n) is 10.8. The smallest absolute Gasteiger partial charge is 0.205 e. The van der Waals surface area contributed by atoms with Crippen molar-refractivity contribution in [2.45, 2.75) is 13.8 Å². The van der Waals surface area contributed by atoms with Crippen LogP contribution in [0.3, 0.4) is 0 Å². The number of aromatic nitrogens is 2. The Morgan fingerprint density at radius 1 is 1.11 bits per heavy atom. The Kier molecular flexibility index (Phi) is 2.82.